The molecule has 1 rings (SSSR count). The van der Waals surface area contributed by atoms with Crippen LogP contribution < -0.4 is 16.5 Å². The summed E-state index contributed by atoms with van der Waals surface area (Å²) in [6.07, 6.45) is -6.77. The number of amides is 1. The smallest absolute Gasteiger partial charge is 0.423 e. The minimum Gasteiger partial charge on any atom is -0.423 e. The quantitative estimate of drug-likeness (QED) is 0.439. The fourth-order valence-corrected chi connectivity index (χ4v) is 1.79. The predicted molar refractivity (Wildman–Crippen MR) is 73.5 cm³/mol. The fourth-order valence-electron chi connectivity index (χ4n) is 1.79. The lowest BCUT2D eigenvalue weighted by Crippen LogP contribution is -2.50. The molecule has 0 aliphatic carbocycles. The SMILES string of the molecule is NCCC(=O)Nc1ccc(C(F)(F)C(F)(F)C(F)(F)F)cc1B(O)O. The number of nitrogens with two attached hydrogens (primary N) is 1. The molecule has 1 amide bonds. The second kappa shape index (κ2) is 7.18. The fraction of sp³-hybridized carbons (Fsp3) is 0.417. The maximum absolute atomic E-state index is 13.7. The van der Waals surface area contributed by atoms with Crippen LogP contribution in [0.2, 0.25) is 0 Å². The molecule has 1 aromatic carbocycles. The molecule has 5 N–H and O–H groups in total. The van der Waals surface area contributed by atoms with Crippen molar-refractivity contribution in [1.29, 1.82) is 0 Å². The summed E-state index contributed by atoms with van der Waals surface area (Å²) in [6.45, 7) is -0.100. The van der Waals surface area contributed by atoms with E-state index in [0.717, 1.165) is 0 Å². The molecule has 0 spiro atoms. The molecule has 0 fully saturated rings. The van der Waals surface area contributed by atoms with Gasteiger partial charge in [-0.2, -0.15) is 30.7 Å². The van der Waals surface area contributed by atoms with Gasteiger partial charge in [0.1, 0.15) is 0 Å². The predicted octanol–water partition coefficient (Wildman–Crippen LogP) is 0.943. The van der Waals surface area contributed by atoms with E-state index in [9.17, 15) is 35.5 Å². The first-order valence-corrected chi connectivity index (χ1v) is 6.58. The molecule has 0 aliphatic heterocycles. The number of carbonyl (C=O) groups is 1. The molecule has 25 heavy (non-hydrogen) atoms. The molecule has 0 aromatic heterocycles. The van der Waals surface area contributed by atoms with Gasteiger partial charge in [0.15, 0.2) is 0 Å². The van der Waals surface area contributed by atoms with Crippen LogP contribution in [0.4, 0.5) is 36.4 Å². The van der Waals surface area contributed by atoms with Gasteiger partial charge in [0.2, 0.25) is 5.91 Å². The number of benzene rings is 1. The van der Waals surface area contributed by atoms with Crippen LogP contribution in [-0.4, -0.2) is 41.7 Å². The Hall–Kier alpha value is -1.86. The summed E-state index contributed by atoms with van der Waals surface area (Å²) in [4.78, 5) is 11.4. The van der Waals surface area contributed by atoms with E-state index >= 15 is 0 Å². The van der Waals surface area contributed by atoms with Crippen molar-refractivity contribution in [2.45, 2.75) is 24.4 Å². The van der Waals surface area contributed by atoms with Crippen molar-refractivity contribution in [1.82, 2.24) is 0 Å². The number of halogens is 7. The second-order valence-corrected chi connectivity index (χ2v) is 4.91. The van der Waals surface area contributed by atoms with Crippen molar-refractivity contribution < 1.29 is 45.6 Å². The molecule has 0 unspecified atom stereocenters. The highest BCUT2D eigenvalue weighted by molar-refractivity contribution is 6.60. The van der Waals surface area contributed by atoms with Gasteiger partial charge in [-0.15, -0.1) is 0 Å². The number of rotatable bonds is 6. The molecule has 0 radical (unpaired) electrons. The Morgan fingerprint density at radius 1 is 1.12 bits per heavy atom. The zero-order chi connectivity index (χ0) is 19.6. The summed E-state index contributed by atoms with van der Waals surface area (Å²) >= 11 is 0. The van der Waals surface area contributed by atoms with Crippen LogP contribution in [0.15, 0.2) is 18.2 Å². The van der Waals surface area contributed by atoms with E-state index in [2.05, 4.69) is 0 Å². The van der Waals surface area contributed by atoms with Gasteiger partial charge in [-0.25, -0.2) is 0 Å². The van der Waals surface area contributed by atoms with E-state index in [0.29, 0.717) is 6.07 Å². The van der Waals surface area contributed by atoms with Crippen molar-refractivity contribution in [2.24, 2.45) is 5.73 Å². The molecule has 140 valence electrons. The van der Waals surface area contributed by atoms with Crippen LogP contribution in [0.3, 0.4) is 0 Å². The first-order valence-electron chi connectivity index (χ1n) is 6.58. The molecule has 0 atom stereocenters. The van der Waals surface area contributed by atoms with Gasteiger partial charge >= 0.3 is 25.1 Å². The van der Waals surface area contributed by atoms with E-state index in [-0.39, 0.29) is 25.1 Å². The van der Waals surface area contributed by atoms with Crippen LogP contribution in [0.1, 0.15) is 12.0 Å². The maximum atomic E-state index is 13.7. The first kappa shape index (κ1) is 21.2. The molecule has 0 saturated carbocycles. The Bertz CT molecular complexity index is 638. The number of anilines is 1. The molecule has 0 saturated heterocycles. The largest absolute Gasteiger partial charge is 0.490 e. The van der Waals surface area contributed by atoms with E-state index in [1.807, 2.05) is 5.32 Å². The summed E-state index contributed by atoms with van der Waals surface area (Å²) in [5.41, 5.74) is 1.95. The third-order valence-corrected chi connectivity index (χ3v) is 3.09. The summed E-state index contributed by atoms with van der Waals surface area (Å²) in [7, 11) is -2.52. The summed E-state index contributed by atoms with van der Waals surface area (Å²) < 4.78 is 90.0. The number of carbonyl (C=O) groups excluding carboxylic acids is 1. The van der Waals surface area contributed by atoms with Crippen LogP contribution in [-0.2, 0) is 10.7 Å². The van der Waals surface area contributed by atoms with Gasteiger partial charge in [-0.05, 0) is 6.07 Å². The zero-order valence-corrected chi connectivity index (χ0v) is 12.2. The lowest BCUT2D eigenvalue weighted by Gasteiger charge is -2.29. The highest BCUT2D eigenvalue weighted by Gasteiger charge is 2.73. The molecule has 0 heterocycles. The Labute approximate surface area is 136 Å². The topological polar surface area (TPSA) is 95.6 Å². The molecule has 0 bridgehead atoms. The number of alkyl halides is 7. The van der Waals surface area contributed by atoms with Crippen molar-refractivity contribution in [3.63, 3.8) is 0 Å². The van der Waals surface area contributed by atoms with E-state index in [1.165, 1.54) is 0 Å². The van der Waals surface area contributed by atoms with Gasteiger partial charge in [-0.3, -0.25) is 4.79 Å². The standard InChI is InChI=1S/C12H12BF7N2O3/c14-10(15,11(16,17)12(18,19)20)6-1-2-8(7(5-6)13(24)25)22-9(23)3-4-21/h1-2,5,24-25H,3-4,21H2,(H,22,23). The van der Waals surface area contributed by atoms with Crippen LogP contribution in [0, 0.1) is 0 Å². The van der Waals surface area contributed by atoms with Gasteiger partial charge < -0.3 is 21.1 Å². The number of nitrogens with one attached hydrogen (secondary N) is 1. The monoisotopic (exact) mass is 376 g/mol. The van der Waals surface area contributed by atoms with Crippen LogP contribution >= 0.6 is 0 Å². The molecule has 13 heteroatoms. The average molecular weight is 376 g/mol. The van der Waals surface area contributed by atoms with Gasteiger partial charge in [-0.1, -0.05) is 12.1 Å². The van der Waals surface area contributed by atoms with Crippen LogP contribution in [0.5, 0.6) is 0 Å². The molecule has 0 aliphatic rings. The van der Waals surface area contributed by atoms with Crippen molar-refractivity contribution in [3.05, 3.63) is 23.8 Å². The van der Waals surface area contributed by atoms with Gasteiger partial charge in [0, 0.05) is 29.7 Å². The van der Waals surface area contributed by atoms with Gasteiger partial charge in [0.25, 0.3) is 0 Å². The van der Waals surface area contributed by atoms with Crippen molar-refractivity contribution in [2.75, 3.05) is 11.9 Å². The van der Waals surface area contributed by atoms with E-state index in [4.69, 9.17) is 15.8 Å². The van der Waals surface area contributed by atoms with Crippen molar-refractivity contribution >= 4 is 24.2 Å². The lowest BCUT2D eigenvalue weighted by molar-refractivity contribution is -0.359. The Morgan fingerprint density at radius 2 is 1.68 bits per heavy atom. The number of hydrogen-bond acceptors (Lipinski definition) is 4. The first-order chi connectivity index (χ1) is 11.3. The van der Waals surface area contributed by atoms with Gasteiger partial charge in [0.05, 0.1) is 0 Å². The highest BCUT2D eigenvalue weighted by atomic mass is 19.4. The Balaban J connectivity index is 3.36. The summed E-state index contributed by atoms with van der Waals surface area (Å²) in [6, 6.07) is 0.810. The minimum atomic E-state index is -6.54. The third-order valence-electron chi connectivity index (χ3n) is 3.09. The zero-order valence-electron chi connectivity index (χ0n) is 12.2. The molecular formula is C12H12BF7N2O3. The Morgan fingerprint density at radius 3 is 2.12 bits per heavy atom. The molecule has 5 nitrogen and oxygen atoms in total. The normalized spacial score (nSPS) is 12.9. The summed E-state index contributed by atoms with van der Waals surface area (Å²) in [5.74, 6) is -12.8. The van der Waals surface area contributed by atoms with E-state index in [1.54, 1.807) is 0 Å². The third kappa shape index (κ3) is 4.22. The second-order valence-electron chi connectivity index (χ2n) is 4.91. The highest BCUT2D eigenvalue weighted by Crippen LogP contribution is 2.51. The van der Waals surface area contributed by atoms with Crippen molar-refractivity contribution in [3.8, 4) is 0 Å². The molecule has 1 aromatic rings. The van der Waals surface area contributed by atoms with Crippen LogP contribution in [0.25, 0.3) is 0 Å². The average Bonchev–Trinajstić information content (AvgIpc) is 2.45. The summed E-state index contributed by atoms with van der Waals surface area (Å²) in [5, 5.41) is 20.3. The molecular weight excluding hydrogens is 364 g/mol. The number of hydrogen-bond donors (Lipinski definition) is 4. The maximum Gasteiger partial charge on any atom is 0.490 e. The minimum absolute atomic E-state index is 0.0440. The Kier molecular flexibility index (Phi) is 6.08. The lowest BCUT2D eigenvalue weighted by atomic mass is 9.77. The van der Waals surface area contributed by atoms with E-state index < -0.39 is 47.8 Å².